The fourth-order valence-electron chi connectivity index (χ4n) is 3.23. The van der Waals surface area contributed by atoms with Gasteiger partial charge in [0, 0.05) is 32.3 Å². The number of rotatable bonds is 4. The molecule has 0 bridgehead atoms. The van der Waals surface area contributed by atoms with E-state index in [1.165, 1.54) is 0 Å². The number of hydrogen-bond acceptors (Lipinski definition) is 4. The Morgan fingerprint density at radius 2 is 2.12 bits per heavy atom. The molecule has 2 aromatic heterocycles. The predicted molar refractivity (Wildman–Crippen MR) is 92.2 cm³/mol. The van der Waals surface area contributed by atoms with Crippen molar-refractivity contribution < 1.29 is 4.79 Å². The number of aryl methyl sites for hydroxylation is 1. The summed E-state index contributed by atoms with van der Waals surface area (Å²) in [5, 5.41) is 0. The lowest BCUT2D eigenvalue weighted by Gasteiger charge is -2.18. The smallest absolute Gasteiger partial charge is 0.225 e. The summed E-state index contributed by atoms with van der Waals surface area (Å²) >= 11 is 0. The molecule has 6 heteroatoms. The number of carbonyl (C=O) groups excluding carboxylic acids is 1. The van der Waals surface area contributed by atoms with E-state index in [1.54, 1.807) is 6.20 Å². The first-order valence-electron chi connectivity index (χ1n) is 8.54. The van der Waals surface area contributed by atoms with Gasteiger partial charge in [-0.15, -0.1) is 0 Å². The van der Waals surface area contributed by atoms with Gasteiger partial charge in [-0.25, -0.2) is 9.97 Å². The van der Waals surface area contributed by atoms with Crippen LogP contribution in [0.5, 0.6) is 0 Å². The lowest BCUT2D eigenvalue weighted by molar-refractivity contribution is -0.133. The first kappa shape index (κ1) is 16.6. The summed E-state index contributed by atoms with van der Waals surface area (Å²) < 4.78 is 2.02. The SMILES string of the molecule is Cc1ncc(-c2cncc(CC3CCN(C(=O)C(C)C)C3)n2)n1C. The zero-order valence-electron chi connectivity index (χ0n) is 14.9. The van der Waals surface area contributed by atoms with Crippen molar-refractivity contribution >= 4 is 5.91 Å². The summed E-state index contributed by atoms with van der Waals surface area (Å²) in [7, 11) is 1.98. The number of nitrogens with zero attached hydrogens (tertiary/aromatic N) is 5. The Morgan fingerprint density at radius 3 is 2.79 bits per heavy atom. The predicted octanol–water partition coefficient (Wildman–Crippen LogP) is 2.23. The quantitative estimate of drug-likeness (QED) is 0.864. The van der Waals surface area contributed by atoms with E-state index in [-0.39, 0.29) is 11.8 Å². The Bertz CT molecular complexity index is 737. The van der Waals surface area contributed by atoms with Gasteiger partial charge in [-0.3, -0.25) is 9.78 Å². The molecule has 3 heterocycles. The highest BCUT2D eigenvalue weighted by molar-refractivity contribution is 5.78. The molecule has 0 spiro atoms. The second kappa shape index (κ2) is 6.71. The second-order valence-electron chi connectivity index (χ2n) is 6.94. The van der Waals surface area contributed by atoms with Crippen LogP contribution in [0.2, 0.25) is 0 Å². The van der Waals surface area contributed by atoms with Gasteiger partial charge >= 0.3 is 0 Å². The summed E-state index contributed by atoms with van der Waals surface area (Å²) in [6, 6.07) is 0. The monoisotopic (exact) mass is 327 g/mol. The Hall–Kier alpha value is -2.24. The average molecular weight is 327 g/mol. The molecule has 0 aliphatic carbocycles. The fraction of sp³-hybridized carbons (Fsp3) is 0.556. The van der Waals surface area contributed by atoms with Crippen molar-refractivity contribution in [1.29, 1.82) is 0 Å². The molecule has 1 unspecified atom stereocenters. The standard InChI is InChI=1S/C18H25N5O/c1-12(2)18(24)23-6-5-14(11-23)7-15-8-19-9-16(21-15)17-10-20-13(3)22(17)4/h8-10,12,14H,5-7,11H2,1-4H3. The molecule has 24 heavy (non-hydrogen) atoms. The Balaban J connectivity index is 1.70. The molecular weight excluding hydrogens is 302 g/mol. The van der Waals surface area contributed by atoms with E-state index in [1.807, 2.05) is 49.7 Å². The molecule has 0 radical (unpaired) electrons. The molecule has 1 amide bonds. The zero-order valence-corrected chi connectivity index (χ0v) is 14.9. The molecule has 2 aromatic rings. The van der Waals surface area contributed by atoms with Gasteiger partial charge in [0.1, 0.15) is 11.5 Å². The third-order valence-electron chi connectivity index (χ3n) is 4.76. The summed E-state index contributed by atoms with van der Waals surface area (Å²) in [4.78, 5) is 27.5. The van der Waals surface area contributed by atoms with Crippen molar-refractivity contribution in [1.82, 2.24) is 24.4 Å². The molecule has 6 nitrogen and oxygen atoms in total. The fourth-order valence-corrected chi connectivity index (χ4v) is 3.23. The van der Waals surface area contributed by atoms with Crippen molar-refractivity contribution in [2.24, 2.45) is 18.9 Å². The zero-order chi connectivity index (χ0) is 17.3. The van der Waals surface area contributed by atoms with Gasteiger partial charge in [0.15, 0.2) is 0 Å². The van der Waals surface area contributed by atoms with E-state index in [2.05, 4.69) is 9.97 Å². The van der Waals surface area contributed by atoms with Crippen LogP contribution in [0.25, 0.3) is 11.4 Å². The lowest BCUT2D eigenvalue weighted by Crippen LogP contribution is -2.32. The van der Waals surface area contributed by atoms with E-state index in [0.717, 1.165) is 48.8 Å². The molecule has 1 fully saturated rings. The number of likely N-dealkylation sites (tertiary alicyclic amines) is 1. The Labute approximate surface area is 142 Å². The van der Waals surface area contributed by atoms with Crippen LogP contribution in [0.1, 0.15) is 31.8 Å². The van der Waals surface area contributed by atoms with Gasteiger partial charge < -0.3 is 9.47 Å². The third kappa shape index (κ3) is 3.32. The van der Waals surface area contributed by atoms with Gasteiger partial charge in [0.05, 0.1) is 23.8 Å². The van der Waals surface area contributed by atoms with Crippen LogP contribution in [0.15, 0.2) is 18.6 Å². The van der Waals surface area contributed by atoms with Crippen LogP contribution in [0, 0.1) is 18.8 Å². The molecule has 1 aliphatic heterocycles. The minimum Gasteiger partial charge on any atom is -0.342 e. The number of amides is 1. The summed E-state index contributed by atoms with van der Waals surface area (Å²) in [6.45, 7) is 7.57. The van der Waals surface area contributed by atoms with Gasteiger partial charge in [0.25, 0.3) is 0 Å². The van der Waals surface area contributed by atoms with Gasteiger partial charge in [0.2, 0.25) is 5.91 Å². The summed E-state index contributed by atoms with van der Waals surface area (Å²) in [5.74, 6) is 1.74. The van der Waals surface area contributed by atoms with Crippen molar-refractivity contribution in [3.05, 3.63) is 30.1 Å². The maximum Gasteiger partial charge on any atom is 0.225 e. The molecule has 1 saturated heterocycles. The molecule has 0 N–H and O–H groups in total. The molecule has 3 rings (SSSR count). The third-order valence-corrected chi connectivity index (χ3v) is 4.76. The second-order valence-corrected chi connectivity index (χ2v) is 6.94. The van der Waals surface area contributed by atoms with E-state index < -0.39 is 0 Å². The molecular formula is C18H25N5O. The number of imidazole rings is 1. The minimum absolute atomic E-state index is 0.0694. The van der Waals surface area contributed by atoms with Crippen LogP contribution < -0.4 is 0 Å². The van der Waals surface area contributed by atoms with E-state index in [9.17, 15) is 4.79 Å². The number of aromatic nitrogens is 4. The van der Waals surface area contributed by atoms with Crippen molar-refractivity contribution in [2.75, 3.05) is 13.1 Å². The Morgan fingerprint density at radius 1 is 1.33 bits per heavy atom. The molecule has 0 aromatic carbocycles. The first-order chi connectivity index (χ1) is 11.5. The van der Waals surface area contributed by atoms with Crippen LogP contribution in [-0.2, 0) is 18.3 Å². The maximum absolute atomic E-state index is 12.1. The van der Waals surface area contributed by atoms with Crippen LogP contribution in [-0.4, -0.2) is 43.4 Å². The highest BCUT2D eigenvalue weighted by Gasteiger charge is 2.28. The van der Waals surface area contributed by atoms with E-state index in [4.69, 9.17) is 4.98 Å². The highest BCUT2D eigenvalue weighted by atomic mass is 16.2. The topological polar surface area (TPSA) is 63.9 Å². The van der Waals surface area contributed by atoms with Crippen LogP contribution in [0.3, 0.4) is 0 Å². The van der Waals surface area contributed by atoms with Crippen LogP contribution >= 0.6 is 0 Å². The average Bonchev–Trinajstić information content (AvgIpc) is 3.15. The normalized spacial score (nSPS) is 17.7. The van der Waals surface area contributed by atoms with Crippen molar-refractivity contribution in [3.8, 4) is 11.4 Å². The Kier molecular flexibility index (Phi) is 4.64. The highest BCUT2D eigenvalue weighted by Crippen LogP contribution is 2.23. The van der Waals surface area contributed by atoms with Crippen molar-refractivity contribution in [2.45, 2.75) is 33.6 Å². The van der Waals surface area contributed by atoms with Crippen LogP contribution in [0.4, 0.5) is 0 Å². The number of hydrogen-bond donors (Lipinski definition) is 0. The van der Waals surface area contributed by atoms with Gasteiger partial charge in [-0.1, -0.05) is 13.8 Å². The van der Waals surface area contributed by atoms with Crippen molar-refractivity contribution in [3.63, 3.8) is 0 Å². The summed E-state index contributed by atoms with van der Waals surface area (Å²) in [5.41, 5.74) is 2.81. The van der Waals surface area contributed by atoms with E-state index >= 15 is 0 Å². The lowest BCUT2D eigenvalue weighted by atomic mass is 10.0. The van der Waals surface area contributed by atoms with Gasteiger partial charge in [-0.2, -0.15) is 0 Å². The minimum atomic E-state index is 0.0694. The molecule has 0 saturated carbocycles. The maximum atomic E-state index is 12.1. The molecule has 128 valence electrons. The van der Waals surface area contributed by atoms with E-state index in [0.29, 0.717) is 5.92 Å². The molecule has 1 aliphatic rings. The van der Waals surface area contributed by atoms with Gasteiger partial charge in [-0.05, 0) is 25.7 Å². The number of carbonyl (C=O) groups is 1. The first-order valence-corrected chi connectivity index (χ1v) is 8.54. The summed E-state index contributed by atoms with van der Waals surface area (Å²) in [6.07, 6.45) is 7.35. The largest absolute Gasteiger partial charge is 0.342 e. The molecule has 1 atom stereocenters.